The van der Waals surface area contributed by atoms with Crippen molar-refractivity contribution in [2.24, 2.45) is 0 Å². The fourth-order valence-corrected chi connectivity index (χ4v) is 2.08. The third kappa shape index (κ3) is 5.63. The van der Waals surface area contributed by atoms with Crippen LogP contribution in [0.3, 0.4) is 0 Å². The first-order valence-electron chi connectivity index (χ1n) is 7.54. The molecular weight excluding hydrogens is 326 g/mol. The van der Waals surface area contributed by atoms with Crippen molar-refractivity contribution in [1.82, 2.24) is 4.90 Å². The Morgan fingerprint density at radius 1 is 1.08 bits per heavy atom. The van der Waals surface area contributed by atoms with E-state index in [0.29, 0.717) is 18.2 Å². The van der Waals surface area contributed by atoms with E-state index in [-0.39, 0.29) is 5.91 Å². The van der Waals surface area contributed by atoms with E-state index >= 15 is 0 Å². The Labute approximate surface area is 147 Å². The van der Waals surface area contributed by atoms with Crippen LogP contribution in [0, 0.1) is 0 Å². The van der Waals surface area contributed by atoms with Crippen LogP contribution in [0.4, 0.5) is 0 Å². The lowest BCUT2D eigenvalue weighted by Crippen LogP contribution is -2.29. The second kappa shape index (κ2) is 8.99. The molecule has 0 atom stereocenters. The van der Waals surface area contributed by atoms with Gasteiger partial charge in [0.2, 0.25) is 5.91 Å². The van der Waals surface area contributed by atoms with Crippen LogP contribution in [0.25, 0.3) is 6.08 Å². The minimum absolute atomic E-state index is 0.0803. The molecule has 24 heavy (non-hydrogen) atoms. The molecule has 2 aromatic carbocycles. The lowest BCUT2D eigenvalue weighted by molar-refractivity contribution is -0.125. The number of ether oxygens (including phenoxy) is 2. The molecule has 126 valence electrons. The number of hydrogen-bond acceptors (Lipinski definition) is 3. The summed E-state index contributed by atoms with van der Waals surface area (Å²) < 4.78 is 10.7. The number of benzene rings is 2. The number of rotatable bonds is 7. The van der Waals surface area contributed by atoms with Gasteiger partial charge in [-0.25, -0.2) is 0 Å². The van der Waals surface area contributed by atoms with Gasteiger partial charge in [0.1, 0.15) is 18.1 Å². The monoisotopic (exact) mass is 345 g/mol. The number of carbonyl (C=O) groups is 1. The smallest absolute Gasteiger partial charge is 0.246 e. The van der Waals surface area contributed by atoms with Gasteiger partial charge in [-0.05, 0) is 48.0 Å². The summed E-state index contributed by atoms with van der Waals surface area (Å²) in [6.07, 6.45) is 3.30. The molecule has 0 aliphatic heterocycles. The van der Waals surface area contributed by atoms with E-state index in [0.717, 1.165) is 17.1 Å². The maximum absolute atomic E-state index is 12.1. The molecular formula is C19H20ClNO3. The molecule has 5 heteroatoms. The van der Waals surface area contributed by atoms with Gasteiger partial charge >= 0.3 is 0 Å². The Morgan fingerprint density at radius 2 is 1.71 bits per heavy atom. The van der Waals surface area contributed by atoms with Crippen LogP contribution in [-0.4, -0.2) is 38.1 Å². The van der Waals surface area contributed by atoms with E-state index in [2.05, 4.69) is 0 Å². The van der Waals surface area contributed by atoms with Gasteiger partial charge in [0.25, 0.3) is 0 Å². The van der Waals surface area contributed by atoms with Crippen LogP contribution in [-0.2, 0) is 4.79 Å². The molecule has 0 aromatic heterocycles. The number of nitrogens with zero attached hydrogens (tertiary/aromatic N) is 1. The Kier molecular flexibility index (Phi) is 6.70. The summed E-state index contributed by atoms with van der Waals surface area (Å²) in [7, 11) is 3.36. The van der Waals surface area contributed by atoms with Gasteiger partial charge in [-0.1, -0.05) is 23.7 Å². The lowest BCUT2D eigenvalue weighted by Gasteiger charge is -2.15. The maximum Gasteiger partial charge on any atom is 0.246 e. The van der Waals surface area contributed by atoms with Crippen molar-refractivity contribution in [2.75, 3.05) is 27.3 Å². The van der Waals surface area contributed by atoms with E-state index in [1.807, 2.05) is 36.4 Å². The third-order valence-corrected chi connectivity index (χ3v) is 3.67. The summed E-state index contributed by atoms with van der Waals surface area (Å²) in [6, 6.07) is 14.6. The maximum atomic E-state index is 12.1. The SMILES string of the molecule is COc1ccc(OCCN(C)C(=O)/C=C/c2ccc(Cl)cc2)cc1. The Bertz CT molecular complexity index is 681. The molecule has 2 aromatic rings. The summed E-state index contributed by atoms with van der Waals surface area (Å²) >= 11 is 5.83. The van der Waals surface area contributed by atoms with Crippen molar-refractivity contribution < 1.29 is 14.3 Å². The first kappa shape index (κ1) is 17.9. The molecule has 4 nitrogen and oxygen atoms in total. The Balaban J connectivity index is 1.77. The Hall–Kier alpha value is -2.46. The normalized spacial score (nSPS) is 10.6. The van der Waals surface area contributed by atoms with Gasteiger partial charge in [0, 0.05) is 18.1 Å². The van der Waals surface area contributed by atoms with E-state index in [1.165, 1.54) is 6.08 Å². The molecule has 0 saturated heterocycles. The largest absolute Gasteiger partial charge is 0.497 e. The van der Waals surface area contributed by atoms with Gasteiger partial charge in [-0.3, -0.25) is 4.79 Å². The summed E-state index contributed by atoms with van der Waals surface area (Å²) in [5.41, 5.74) is 0.927. The molecule has 0 saturated carbocycles. The zero-order valence-electron chi connectivity index (χ0n) is 13.7. The molecule has 0 spiro atoms. The second-order valence-electron chi connectivity index (χ2n) is 5.17. The number of hydrogen-bond donors (Lipinski definition) is 0. The highest BCUT2D eigenvalue weighted by Gasteiger charge is 2.05. The standard InChI is InChI=1S/C19H20ClNO3/c1-21(13-14-24-18-10-8-17(23-2)9-11-18)19(22)12-5-15-3-6-16(20)7-4-15/h3-12H,13-14H2,1-2H3/b12-5+. The second-order valence-corrected chi connectivity index (χ2v) is 5.61. The highest BCUT2D eigenvalue weighted by molar-refractivity contribution is 6.30. The van der Waals surface area contributed by atoms with Crippen molar-refractivity contribution in [3.05, 3.63) is 65.2 Å². The van der Waals surface area contributed by atoms with Gasteiger partial charge < -0.3 is 14.4 Å². The van der Waals surface area contributed by atoms with Crippen LogP contribution >= 0.6 is 11.6 Å². The topological polar surface area (TPSA) is 38.8 Å². The molecule has 0 heterocycles. The van der Waals surface area contributed by atoms with Gasteiger partial charge in [0.15, 0.2) is 0 Å². The van der Waals surface area contributed by atoms with Crippen molar-refractivity contribution in [3.8, 4) is 11.5 Å². The van der Waals surface area contributed by atoms with Crippen LogP contribution in [0.15, 0.2) is 54.6 Å². The van der Waals surface area contributed by atoms with Crippen LogP contribution in [0.2, 0.25) is 5.02 Å². The molecule has 2 rings (SSSR count). The summed E-state index contributed by atoms with van der Waals surface area (Å²) in [5, 5.41) is 0.672. The molecule has 1 amide bonds. The molecule has 0 bridgehead atoms. The highest BCUT2D eigenvalue weighted by atomic mass is 35.5. The zero-order chi connectivity index (χ0) is 17.4. The minimum Gasteiger partial charge on any atom is -0.497 e. The van der Waals surface area contributed by atoms with Crippen LogP contribution in [0.1, 0.15) is 5.56 Å². The first-order chi connectivity index (χ1) is 11.6. The average molecular weight is 346 g/mol. The highest BCUT2D eigenvalue weighted by Crippen LogP contribution is 2.16. The average Bonchev–Trinajstić information content (AvgIpc) is 2.61. The molecule has 0 N–H and O–H groups in total. The van der Waals surface area contributed by atoms with E-state index in [1.54, 1.807) is 37.3 Å². The summed E-state index contributed by atoms with van der Waals surface area (Å²) in [6.45, 7) is 0.916. The molecule has 0 radical (unpaired) electrons. The number of methoxy groups -OCH3 is 1. The predicted molar refractivity (Wildman–Crippen MR) is 96.6 cm³/mol. The van der Waals surface area contributed by atoms with E-state index in [4.69, 9.17) is 21.1 Å². The molecule has 0 aliphatic carbocycles. The molecule has 0 aliphatic rings. The van der Waals surface area contributed by atoms with E-state index in [9.17, 15) is 4.79 Å². The predicted octanol–water partition coefficient (Wildman–Crippen LogP) is 3.90. The van der Waals surface area contributed by atoms with Gasteiger partial charge in [-0.2, -0.15) is 0 Å². The minimum atomic E-state index is -0.0803. The number of likely N-dealkylation sites (N-methyl/N-ethyl adjacent to an activating group) is 1. The van der Waals surface area contributed by atoms with Gasteiger partial charge in [-0.15, -0.1) is 0 Å². The number of carbonyl (C=O) groups excluding carboxylic acids is 1. The van der Waals surface area contributed by atoms with Crippen LogP contribution in [0.5, 0.6) is 11.5 Å². The van der Waals surface area contributed by atoms with Crippen molar-refractivity contribution in [2.45, 2.75) is 0 Å². The Morgan fingerprint density at radius 3 is 2.33 bits per heavy atom. The third-order valence-electron chi connectivity index (χ3n) is 3.42. The fourth-order valence-electron chi connectivity index (χ4n) is 1.95. The lowest BCUT2D eigenvalue weighted by atomic mass is 10.2. The van der Waals surface area contributed by atoms with Crippen molar-refractivity contribution >= 4 is 23.6 Å². The fraction of sp³-hybridized carbons (Fsp3) is 0.211. The zero-order valence-corrected chi connectivity index (χ0v) is 14.5. The number of halogens is 1. The van der Waals surface area contributed by atoms with Gasteiger partial charge in [0.05, 0.1) is 13.7 Å². The first-order valence-corrected chi connectivity index (χ1v) is 7.92. The molecule has 0 fully saturated rings. The summed E-state index contributed by atoms with van der Waals surface area (Å²) in [5.74, 6) is 1.44. The van der Waals surface area contributed by atoms with E-state index < -0.39 is 0 Å². The van der Waals surface area contributed by atoms with Crippen molar-refractivity contribution in [1.29, 1.82) is 0 Å². The van der Waals surface area contributed by atoms with Crippen LogP contribution < -0.4 is 9.47 Å². The number of amides is 1. The summed E-state index contributed by atoms with van der Waals surface area (Å²) in [4.78, 5) is 13.7. The van der Waals surface area contributed by atoms with Crippen molar-refractivity contribution in [3.63, 3.8) is 0 Å². The molecule has 0 unspecified atom stereocenters. The quantitative estimate of drug-likeness (QED) is 0.714.